The summed E-state index contributed by atoms with van der Waals surface area (Å²) in [6.07, 6.45) is 0.973. The van der Waals surface area contributed by atoms with Gasteiger partial charge >= 0.3 is 11.9 Å². The quantitative estimate of drug-likeness (QED) is 0.536. The fourth-order valence-corrected chi connectivity index (χ4v) is 6.16. The summed E-state index contributed by atoms with van der Waals surface area (Å²) in [4.78, 5) is 39.8. The van der Waals surface area contributed by atoms with E-state index in [2.05, 4.69) is 15.0 Å². The lowest BCUT2D eigenvalue weighted by Crippen LogP contribution is -2.42. The third-order valence-electron chi connectivity index (χ3n) is 5.25. The number of nitrogens with one attached hydrogen (secondary N) is 1. The number of aromatic nitrogens is 1. The molecule has 1 aliphatic heterocycles. The second-order valence-corrected chi connectivity index (χ2v) is 11.1. The predicted molar refractivity (Wildman–Crippen MR) is 125 cm³/mol. The van der Waals surface area contributed by atoms with E-state index < -0.39 is 34.5 Å². The van der Waals surface area contributed by atoms with Crippen LogP contribution in [0.15, 0.2) is 34.5 Å². The van der Waals surface area contributed by atoms with E-state index in [4.69, 9.17) is 4.74 Å². The summed E-state index contributed by atoms with van der Waals surface area (Å²) in [6, 6.07) is 5.47. The van der Waals surface area contributed by atoms with Gasteiger partial charge in [0.2, 0.25) is 10.0 Å². The fourth-order valence-electron chi connectivity index (χ4n) is 3.75. The van der Waals surface area contributed by atoms with Crippen LogP contribution in [0.2, 0.25) is 0 Å². The van der Waals surface area contributed by atoms with Gasteiger partial charge in [0.05, 0.1) is 29.7 Å². The summed E-state index contributed by atoms with van der Waals surface area (Å²) in [5.41, 5.74) is 0.578. The van der Waals surface area contributed by atoms with Crippen LogP contribution in [-0.2, 0) is 35.5 Å². The molecule has 1 aliphatic rings. The number of carbonyl (C=O) groups excluding carboxylic acids is 3. The van der Waals surface area contributed by atoms with Crippen molar-refractivity contribution < 1.29 is 32.3 Å². The van der Waals surface area contributed by atoms with Crippen molar-refractivity contribution in [3.8, 4) is 0 Å². The molecular formula is C22H27N3O7S2. The Morgan fingerprint density at radius 2 is 1.79 bits per heavy atom. The van der Waals surface area contributed by atoms with Gasteiger partial charge < -0.3 is 9.47 Å². The van der Waals surface area contributed by atoms with Gasteiger partial charge in [-0.1, -0.05) is 13.8 Å². The SMILES string of the molecule is COC(=O)Cc1csc(NC(=O)COC(=O)c2ccc(S(=O)(=O)N3CC(C)CC(C)C3)cc2)n1. The van der Waals surface area contributed by atoms with Crippen LogP contribution in [0.1, 0.15) is 36.3 Å². The molecule has 0 aliphatic carbocycles. The Labute approximate surface area is 202 Å². The van der Waals surface area contributed by atoms with E-state index >= 15 is 0 Å². The maximum atomic E-state index is 13.0. The minimum atomic E-state index is -3.66. The zero-order chi connectivity index (χ0) is 24.9. The number of ether oxygens (including phenoxy) is 2. The number of carbonyl (C=O) groups is 3. The van der Waals surface area contributed by atoms with E-state index in [0.717, 1.165) is 17.8 Å². The zero-order valence-electron chi connectivity index (χ0n) is 19.1. The molecule has 1 aromatic heterocycles. The highest BCUT2D eigenvalue weighted by atomic mass is 32.2. The second-order valence-electron chi connectivity index (χ2n) is 8.31. The molecule has 2 aromatic rings. The Hall–Kier alpha value is -2.83. The molecule has 184 valence electrons. The summed E-state index contributed by atoms with van der Waals surface area (Å²) in [5.74, 6) is -1.24. The van der Waals surface area contributed by atoms with E-state index in [-0.39, 0.29) is 33.8 Å². The third kappa shape index (κ3) is 6.61. The lowest BCUT2D eigenvalue weighted by atomic mass is 9.94. The van der Waals surface area contributed by atoms with Crippen LogP contribution in [0.25, 0.3) is 0 Å². The number of hydrogen-bond donors (Lipinski definition) is 1. The summed E-state index contributed by atoms with van der Waals surface area (Å²) >= 11 is 1.12. The van der Waals surface area contributed by atoms with Crippen molar-refractivity contribution in [2.75, 3.05) is 32.1 Å². The third-order valence-corrected chi connectivity index (χ3v) is 7.90. The maximum Gasteiger partial charge on any atom is 0.338 e. The number of amides is 1. The van der Waals surface area contributed by atoms with Crippen LogP contribution in [0.5, 0.6) is 0 Å². The van der Waals surface area contributed by atoms with E-state index in [1.807, 2.05) is 13.8 Å². The first-order valence-electron chi connectivity index (χ1n) is 10.7. The van der Waals surface area contributed by atoms with Gasteiger partial charge in [-0.05, 0) is 42.5 Å². The topological polar surface area (TPSA) is 132 Å². The van der Waals surface area contributed by atoms with Gasteiger partial charge in [0, 0.05) is 18.5 Å². The van der Waals surface area contributed by atoms with Gasteiger partial charge in [-0.15, -0.1) is 11.3 Å². The molecule has 3 rings (SSSR count). The number of esters is 2. The minimum Gasteiger partial charge on any atom is -0.469 e. The van der Waals surface area contributed by atoms with Crippen molar-refractivity contribution in [2.45, 2.75) is 31.6 Å². The molecule has 12 heteroatoms. The van der Waals surface area contributed by atoms with Gasteiger partial charge in [-0.3, -0.25) is 14.9 Å². The van der Waals surface area contributed by atoms with Gasteiger partial charge in [0.1, 0.15) is 0 Å². The normalized spacial score (nSPS) is 18.8. The molecule has 1 amide bonds. The number of hydrogen-bond acceptors (Lipinski definition) is 9. The second kappa shape index (κ2) is 11.1. The molecule has 34 heavy (non-hydrogen) atoms. The summed E-state index contributed by atoms with van der Waals surface area (Å²) in [7, 11) is -2.38. The molecule has 2 unspecified atom stereocenters. The molecule has 1 N–H and O–H groups in total. The molecule has 2 heterocycles. The molecule has 0 bridgehead atoms. The molecule has 0 saturated carbocycles. The highest BCUT2D eigenvalue weighted by Gasteiger charge is 2.31. The number of nitrogens with zero attached hydrogens (tertiary/aromatic N) is 2. The van der Waals surface area contributed by atoms with Crippen LogP contribution in [0.3, 0.4) is 0 Å². The molecule has 0 spiro atoms. The van der Waals surface area contributed by atoms with Gasteiger partial charge in [-0.25, -0.2) is 18.2 Å². The highest BCUT2D eigenvalue weighted by Crippen LogP contribution is 2.27. The highest BCUT2D eigenvalue weighted by molar-refractivity contribution is 7.89. The van der Waals surface area contributed by atoms with Crippen molar-refractivity contribution in [3.05, 3.63) is 40.9 Å². The number of rotatable bonds is 8. The number of piperidine rings is 1. The van der Waals surface area contributed by atoms with Crippen molar-refractivity contribution in [1.29, 1.82) is 0 Å². The molecule has 1 fully saturated rings. The lowest BCUT2D eigenvalue weighted by molar-refractivity contribution is -0.139. The maximum absolute atomic E-state index is 13.0. The Morgan fingerprint density at radius 1 is 1.15 bits per heavy atom. The van der Waals surface area contributed by atoms with E-state index in [9.17, 15) is 22.8 Å². The molecule has 1 saturated heterocycles. The van der Waals surface area contributed by atoms with Crippen molar-refractivity contribution >= 4 is 44.3 Å². The average Bonchev–Trinajstić information content (AvgIpc) is 3.23. The number of methoxy groups -OCH3 is 1. The van der Waals surface area contributed by atoms with Crippen LogP contribution in [0.4, 0.5) is 5.13 Å². The van der Waals surface area contributed by atoms with Crippen LogP contribution < -0.4 is 5.32 Å². The van der Waals surface area contributed by atoms with Gasteiger partial charge in [0.25, 0.3) is 5.91 Å². The van der Waals surface area contributed by atoms with E-state index in [0.29, 0.717) is 18.8 Å². The molecule has 10 nitrogen and oxygen atoms in total. The fraction of sp³-hybridized carbons (Fsp3) is 0.455. The van der Waals surface area contributed by atoms with Crippen molar-refractivity contribution in [3.63, 3.8) is 0 Å². The Bertz CT molecular complexity index is 1140. The van der Waals surface area contributed by atoms with Gasteiger partial charge in [-0.2, -0.15) is 4.31 Å². The summed E-state index contributed by atoms with van der Waals surface area (Å²) in [6.45, 7) is 4.45. The monoisotopic (exact) mass is 509 g/mol. The molecule has 2 atom stereocenters. The first-order chi connectivity index (χ1) is 16.1. The Morgan fingerprint density at radius 3 is 2.41 bits per heavy atom. The lowest BCUT2D eigenvalue weighted by Gasteiger charge is -2.34. The number of sulfonamides is 1. The largest absolute Gasteiger partial charge is 0.469 e. The van der Waals surface area contributed by atoms with Crippen molar-refractivity contribution in [1.82, 2.24) is 9.29 Å². The number of anilines is 1. The smallest absolute Gasteiger partial charge is 0.338 e. The Balaban J connectivity index is 1.53. The van der Waals surface area contributed by atoms with Gasteiger partial charge in [0.15, 0.2) is 11.7 Å². The Kier molecular flexibility index (Phi) is 8.39. The van der Waals surface area contributed by atoms with E-state index in [1.54, 1.807) is 5.38 Å². The summed E-state index contributed by atoms with van der Waals surface area (Å²) < 4.78 is 37.0. The zero-order valence-corrected chi connectivity index (χ0v) is 20.8. The summed E-state index contributed by atoms with van der Waals surface area (Å²) in [5, 5.41) is 4.36. The molecule has 0 radical (unpaired) electrons. The average molecular weight is 510 g/mol. The first-order valence-corrected chi connectivity index (χ1v) is 13.0. The van der Waals surface area contributed by atoms with Crippen LogP contribution in [-0.4, -0.2) is 62.4 Å². The van der Waals surface area contributed by atoms with E-state index in [1.165, 1.54) is 35.7 Å². The molecule has 1 aromatic carbocycles. The van der Waals surface area contributed by atoms with Crippen LogP contribution in [0, 0.1) is 11.8 Å². The minimum absolute atomic E-state index is 0.0145. The van der Waals surface area contributed by atoms with Crippen molar-refractivity contribution in [2.24, 2.45) is 11.8 Å². The number of thiazole rings is 1. The standard InChI is InChI=1S/C22H27N3O7S2/c1-14-8-15(2)11-25(10-14)34(29,30)18-6-4-16(5-7-18)21(28)32-12-19(26)24-22-23-17(13-33-22)9-20(27)31-3/h4-7,13-15H,8-12H2,1-3H3,(H,23,24,26). The molecular weight excluding hydrogens is 482 g/mol. The van der Waals surface area contributed by atoms with Crippen LogP contribution >= 0.6 is 11.3 Å². The first kappa shape index (κ1) is 25.8. The number of benzene rings is 1. The predicted octanol–water partition coefficient (Wildman–Crippen LogP) is 2.32.